The first kappa shape index (κ1) is 21.1. The van der Waals surface area contributed by atoms with Gasteiger partial charge in [-0.2, -0.15) is 15.0 Å². The van der Waals surface area contributed by atoms with Crippen LogP contribution in [0.4, 0.5) is 5.95 Å². The molecular formula is C17H28Cl2N6O. The van der Waals surface area contributed by atoms with Crippen LogP contribution in [0.2, 0.25) is 10.6 Å². The normalized spacial score (nSPS) is 21.4. The molecule has 2 unspecified atom stereocenters. The van der Waals surface area contributed by atoms with Crippen LogP contribution >= 0.6 is 23.2 Å². The molecule has 0 bridgehead atoms. The van der Waals surface area contributed by atoms with Gasteiger partial charge in [-0.05, 0) is 56.8 Å². The van der Waals surface area contributed by atoms with Crippen LogP contribution in [0.1, 0.15) is 48.0 Å². The highest BCUT2D eigenvalue weighted by atomic mass is 35.5. The standard InChI is InChI=1S/C17H28Cl2N6O/c1-7-10(2)11(20-15-22-13(18)21-14(19)23-15)8-25-9-16(3,4)24-17(5,6)12(25)26/h10-11,24H,7-9H2,1-6H3,(H,20,21,22,23). The fourth-order valence-corrected chi connectivity index (χ4v) is 3.84. The minimum Gasteiger partial charge on any atom is -0.349 e. The topological polar surface area (TPSA) is 83.0 Å². The number of hydrogen-bond acceptors (Lipinski definition) is 6. The predicted molar refractivity (Wildman–Crippen MR) is 105 cm³/mol. The summed E-state index contributed by atoms with van der Waals surface area (Å²) in [5.74, 6) is 0.693. The van der Waals surface area contributed by atoms with Crippen molar-refractivity contribution < 1.29 is 4.79 Å². The largest absolute Gasteiger partial charge is 0.349 e. The van der Waals surface area contributed by atoms with Gasteiger partial charge in [0.25, 0.3) is 0 Å². The molecule has 0 radical (unpaired) electrons. The van der Waals surface area contributed by atoms with Crippen molar-refractivity contribution in [3.05, 3.63) is 10.6 Å². The molecule has 7 nitrogen and oxygen atoms in total. The number of aromatic nitrogens is 3. The average Bonchev–Trinajstić information content (AvgIpc) is 2.48. The van der Waals surface area contributed by atoms with Gasteiger partial charge in [-0.1, -0.05) is 20.3 Å². The summed E-state index contributed by atoms with van der Waals surface area (Å²) >= 11 is 11.8. The molecule has 2 rings (SSSR count). The van der Waals surface area contributed by atoms with E-state index in [-0.39, 0.29) is 28.1 Å². The number of halogens is 2. The number of anilines is 1. The summed E-state index contributed by atoms with van der Waals surface area (Å²) in [6.45, 7) is 13.5. The van der Waals surface area contributed by atoms with Gasteiger partial charge in [0, 0.05) is 24.7 Å². The number of piperazine rings is 1. The summed E-state index contributed by atoms with van der Waals surface area (Å²) in [6.07, 6.45) is 0.942. The Balaban J connectivity index is 2.23. The summed E-state index contributed by atoms with van der Waals surface area (Å²) in [5.41, 5.74) is -0.779. The molecule has 1 aliphatic rings. The van der Waals surface area contributed by atoms with Crippen molar-refractivity contribution in [2.45, 2.75) is 65.1 Å². The van der Waals surface area contributed by atoms with Crippen molar-refractivity contribution in [1.82, 2.24) is 25.2 Å². The molecule has 0 aromatic carbocycles. The van der Waals surface area contributed by atoms with Gasteiger partial charge in [0.15, 0.2) is 0 Å². The second kappa shape index (κ2) is 7.82. The molecule has 1 saturated heterocycles. The maximum absolute atomic E-state index is 12.9. The third-order valence-electron chi connectivity index (χ3n) is 4.70. The molecule has 2 heterocycles. The Hall–Kier alpha value is -1.18. The molecule has 0 aliphatic carbocycles. The summed E-state index contributed by atoms with van der Waals surface area (Å²) < 4.78 is 0. The number of nitrogens with zero attached hydrogens (tertiary/aromatic N) is 4. The first-order valence-corrected chi connectivity index (χ1v) is 9.61. The van der Waals surface area contributed by atoms with E-state index in [2.05, 4.69) is 53.3 Å². The zero-order valence-corrected chi connectivity index (χ0v) is 17.7. The smallest absolute Gasteiger partial charge is 0.242 e. The number of amides is 1. The Morgan fingerprint density at radius 3 is 2.31 bits per heavy atom. The molecule has 1 aromatic rings. The summed E-state index contributed by atoms with van der Waals surface area (Å²) in [5, 5.41) is 6.78. The fraction of sp³-hybridized carbons (Fsp3) is 0.765. The quantitative estimate of drug-likeness (QED) is 0.760. The molecule has 26 heavy (non-hydrogen) atoms. The van der Waals surface area contributed by atoms with Crippen LogP contribution in [0.5, 0.6) is 0 Å². The fourth-order valence-electron chi connectivity index (χ4n) is 3.48. The molecule has 1 fully saturated rings. The van der Waals surface area contributed by atoms with Crippen molar-refractivity contribution in [3.63, 3.8) is 0 Å². The second-order valence-electron chi connectivity index (χ2n) is 8.15. The molecule has 2 atom stereocenters. The van der Waals surface area contributed by atoms with Crippen molar-refractivity contribution in [3.8, 4) is 0 Å². The zero-order valence-electron chi connectivity index (χ0n) is 16.2. The van der Waals surface area contributed by atoms with Gasteiger partial charge in [0.05, 0.1) is 5.54 Å². The summed E-state index contributed by atoms with van der Waals surface area (Å²) in [6, 6.07) is -0.0387. The number of rotatable bonds is 6. The van der Waals surface area contributed by atoms with Crippen LogP contribution in [-0.4, -0.2) is 56.0 Å². The van der Waals surface area contributed by atoms with E-state index in [0.717, 1.165) is 6.42 Å². The molecule has 1 amide bonds. The molecule has 1 aromatic heterocycles. The Labute approximate surface area is 165 Å². The highest BCUT2D eigenvalue weighted by Gasteiger charge is 2.44. The lowest BCUT2D eigenvalue weighted by atomic mass is 9.89. The lowest BCUT2D eigenvalue weighted by Crippen LogP contribution is -2.70. The summed E-state index contributed by atoms with van der Waals surface area (Å²) in [4.78, 5) is 26.8. The minimum absolute atomic E-state index is 0.0379. The third-order valence-corrected chi connectivity index (χ3v) is 5.04. The van der Waals surface area contributed by atoms with Crippen LogP contribution < -0.4 is 10.6 Å². The van der Waals surface area contributed by atoms with Gasteiger partial charge in [-0.25, -0.2) is 0 Å². The number of nitrogens with one attached hydrogen (secondary N) is 2. The third kappa shape index (κ3) is 5.18. The van der Waals surface area contributed by atoms with Crippen LogP contribution in [0, 0.1) is 5.92 Å². The van der Waals surface area contributed by atoms with Gasteiger partial charge >= 0.3 is 0 Å². The van der Waals surface area contributed by atoms with Crippen molar-refractivity contribution >= 4 is 35.1 Å². The Morgan fingerprint density at radius 1 is 1.19 bits per heavy atom. The molecule has 2 N–H and O–H groups in total. The molecule has 0 saturated carbocycles. The maximum Gasteiger partial charge on any atom is 0.242 e. The summed E-state index contributed by atoms with van der Waals surface area (Å²) in [7, 11) is 0. The Morgan fingerprint density at radius 2 is 1.77 bits per heavy atom. The van der Waals surface area contributed by atoms with Crippen molar-refractivity contribution in [2.24, 2.45) is 5.92 Å². The van der Waals surface area contributed by atoms with E-state index in [1.807, 2.05) is 18.7 Å². The van der Waals surface area contributed by atoms with Crippen LogP contribution in [0.15, 0.2) is 0 Å². The highest BCUT2D eigenvalue weighted by molar-refractivity contribution is 6.31. The monoisotopic (exact) mass is 402 g/mol. The van der Waals surface area contributed by atoms with E-state index >= 15 is 0 Å². The molecular weight excluding hydrogens is 375 g/mol. The number of carbonyl (C=O) groups is 1. The minimum atomic E-state index is -0.610. The van der Waals surface area contributed by atoms with Crippen LogP contribution in [0.3, 0.4) is 0 Å². The molecule has 1 aliphatic heterocycles. The first-order chi connectivity index (χ1) is 11.9. The second-order valence-corrected chi connectivity index (χ2v) is 8.83. The Kier molecular flexibility index (Phi) is 6.36. The molecule has 0 spiro atoms. The highest BCUT2D eigenvalue weighted by Crippen LogP contribution is 2.24. The van der Waals surface area contributed by atoms with Crippen LogP contribution in [0.25, 0.3) is 0 Å². The lowest BCUT2D eigenvalue weighted by molar-refractivity contribution is -0.143. The van der Waals surface area contributed by atoms with Gasteiger partial charge in [-0.15, -0.1) is 0 Å². The average molecular weight is 403 g/mol. The van der Waals surface area contributed by atoms with Crippen molar-refractivity contribution in [2.75, 3.05) is 18.4 Å². The van der Waals surface area contributed by atoms with E-state index in [9.17, 15) is 4.79 Å². The van der Waals surface area contributed by atoms with Gasteiger partial charge in [-0.3, -0.25) is 10.1 Å². The van der Waals surface area contributed by atoms with E-state index in [4.69, 9.17) is 23.2 Å². The van der Waals surface area contributed by atoms with Gasteiger partial charge in [0.2, 0.25) is 22.4 Å². The van der Waals surface area contributed by atoms with Crippen LogP contribution in [-0.2, 0) is 4.79 Å². The predicted octanol–water partition coefficient (Wildman–Crippen LogP) is 2.99. The first-order valence-electron chi connectivity index (χ1n) is 8.86. The van der Waals surface area contributed by atoms with E-state index in [1.54, 1.807) is 0 Å². The molecule has 146 valence electrons. The van der Waals surface area contributed by atoms with E-state index < -0.39 is 5.54 Å². The Bertz CT molecular complexity index is 646. The van der Waals surface area contributed by atoms with E-state index in [1.165, 1.54) is 0 Å². The maximum atomic E-state index is 12.9. The lowest BCUT2D eigenvalue weighted by Gasteiger charge is -2.48. The van der Waals surface area contributed by atoms with Gasteiger partial charge < -0.3 is 10.2 Å². The number of carbonyl (C=O) groups excluding carboxylic acids is 1. The molecule has 9 heteroatoms. The van der Waals surface area contributed by atoms with Crippen molar-refractivity contribution in [1.29, 1.82) is 0 Å². The zero-order chi connectivity index (χ0) is 19.7. The van der Waals surface area contributed by atoms with E-state index in [0.29, 0.717) is 25.0 Å². The SMILES string of the molecule is CCC(C)C(CN1CC(C)(C)NC(C)(C)C1=O)Nc1nc(Cl)nc(Cl)n1. The number of hydrogen-bond donors (Lipinski definition) is 2. The van der Waals surface area contributed by atoms with Gasteiger partial charge in [0.1, 0.15) is 0 Å².